The van der Waals surface area contributed by atoms with Crippen molar-refractivity contribution in [2.24, 2.45) is 0 Å². The van der Waals surface area contributed by atoms with Crippen LogP contribution in [0, 0.1) is 0 Å². The summed E-state index contributed by atoms with van der Waals surface area (Å²) in [7, 11) is 0. The van der Waals surface area contributed by atoms with Gasteiger partial charge >= 0.3 is 0 Å². The van der Waals surface area contributed by atoms with Crippen LogP contribution in [0.15, 0.2) is 78.9 Å². The Labute approximate surface area is 221 Å². The van der Waals surface area contributed by atoms with Crippen LogP contribution >= 0.6 is 0 Å². The Morgan fingerprint density at radius 2 is 1.82 bits per heavy atom. The van der Waals surface area contributed by atoms with Crippen LogP contribution in [-0.2, 0) is 13.0 Å². The number of aryl methyl sites for hydroxylation is 1. The van der Waals surface area contributed by atoms with Crippen molar-refractivity contribution < 1.29 is 14.7 Å². The van der Waals surface area contributed by atoms with E-state index in [-0.39, 0.29) is 29.0 Å². The largest absolute Gasteiger partial charge is 0.507 e. The number of H-pyrrole nitrogens is 1. The molecule has 0 radical (unpaired) electrons. The van der Waals surface area contributed by atoms with Crippen molar-refractivity contribution in [3.8, 4) is 5.75 Å². The van der Waals surface area contributed by atoms with E-state index < -0.39 is 0 Å². The van der Waals surface area contributed by atoms with Gasteiger partial charge in [-0.25, -0.2) is 0 Å². The first kappa shape index (κ1) is 24.0. The molecule has 38 heavy (non-hydrogen) atoms. The maximum Gasteiger partial charge on any atom is 0.258 e. The number of carbonyl (C=O) groups excluding carboxylic acids is 2. The average molecular weight is 507 g/mol. The lowest BCUT2D eigenvalue weighted by atomic mass is 9.92. The number of phenolic OH excluding ortho intramolecular Hbond substituents is 1. The summed E-state index contributed by atoms with van der Waals surface area (Å²) in [6, 6.07) is 24.5. The number of benzene rings is 3. The number of nitrogens with zero attached hydrogens (tertiary/aromatic N) is 2. The molecule has 2 aliphatic rings. The van der Waals surface area contributed by atoms with Crippen molar-refractivity contribution in [1.29, 1.82) is 0 Å². The van der Waals surface area contributed by atoms with Gasteiger partial charge in [-0.15, -0.1) is 0 Å². The number of aromatic amines is 1. The molecule has 4 aromatic rings. The first-order valence-electron chi connectivity index (χ1n) is 13.2. The number of hydrogen-bond acceptors (Lipinski definition) is 4. The van der Waals surface area contributed by atoms with E-state index in [2.05, 4.69) is 21.6 Å². The summed E-state index contributed by atoms with van der Waals surface area (Å²) in [5.41, 5.74) is 6.23. The van der Waals surface area contributed by atoms with Crippen LogP contribution in [0.25, 0.3) is 0 Å². The zero-order chi connectivity index (χ0) is 26.1. The van der Waals surface area contributed by atoms with Gasteiger partial charge in [-0.2, -0.15) is 5.10 Å². The fourth-order valence-electron chi connectivity index (χ4n) is 5.19. The molecule has 1 aliphatic heterocycles. The number of nitrogens with one attached hydrogen (secondary N) is 2. The first-order valence-corrected chi connectivity index (χ1v) is 13.2. The molecule has 1 fully saturated rings. The minimum absolute atomic E-state index is 0.0184. The third-order valence-electron chi connectivity index (χ3n) is 7.57. The molecular formula is C31H30N4O3. The minimum atomic E-state index is -0.305. The Bertz CT molecular complexity index is 1470. The molecule has 3 aromatic carbocycles. The molecule has 2 amide bonds. The van der Waals surface area contributed by atoms with Gasteiger partial charge < -0.3 is 15.3 Å². The lowest BCUT2D eigenvalue weighted by molar-refractivity contribution is 0.0946. The normalized spacial score (nSPS) is 15.4. The van der Waals surface area contributed by atoms with Gasteiger partial charge in [0.25, 0.3) is 11.8 Å². The third kappa shape index (κ3) is 4.92. The molecule has 2 heterocycles. The highest BCUT2D eigenvalue weighted by Crippen LogP contribution is 2.39. The zero-order valence-corrected chi connectivity index (χ0v) is 21.1. The molecule has 7 nitrogen and oxygen atoms in total. The van der Waals surface area contributed by atoms with Crippen LogP contribution in [0.2, 0.25) is 0 Å². The maximum atomic E-state index is 12.9. The number of anilines is 1. The third-order valence-corrected chi connectivity index (χ3v) is 7.57. The lowest BCUT2D eigenvalue weighted by Gasteiger charge is -2.20. The van der Waals surface area contributed by atoms with Crippen LogP contribution in [0.1, 0.15) is 74.3 Å². The van der Waals surface area contributed by atoms with Crippen LogP contribution in [0.5, 0.6) is 5.75 Å². The van der Waals surface area contributed by atoms with Gasteiger partial charge in [0.2, 0.25) is 0 Å². The second kappa shape index (κ2) is 10.2. The highest BCUT2D eigenvalue weighted by Gasteiger charge is 2.28. The number of hydrogen-bond donors (Lipinski definition) is 3. The molecule has 1 unspecified atom stereocenters. The Balaban J connectivity index is 1.18. The van der Waals surface area contributed by atoms with E-state index in [1.165, 1.54) is 24.6 Å². The molecule has 6 rings (SSSR count). The summed E-state index contributed by atoms with van der Waals surface area (Å²) in [5.74, 6) is 0.334. The van der Waals surface area contributed by atoms with E-state index in [0.29, 0.717) is 19.0 Å². The van der Waals surface area contributed by atoms with Crippen molar-refractivity contribution in [2.45, 2.75) is 44.1 Å². The van der Waals surface area contributed by atoms with Gasteiger partial charge in [0.1, 0.15) is 5.75 Å². The molecular weight excluding hydrogens is 476 g/mol. The number of fused-ring (bicyclic) bond motifs is 1. The number of aromatic nitrogens is 2. The molecule has 1 saturated carbocycles. The van der Waals surface area contributed by atoms with Gasteiger partial charge in [0, 0.05) is 35.3 Å². The number of aromatic hydroxyl groups is 1. The van der Waals surface area contributed by atoms with E-state index in [4.69, 9.17) is 0 Å². The summed E-state index contributed by atoms with van der Waals surface area (Å²) < 4.78 is 0. The fraction of sp³-hybridized carbons (Fsp3) is 0.258. The van der Waals surface area contributed by atoms with Crippen LogP contribution in [0.3, 0.4) is 0 Å². The van der Waals surface area contributed by atoms with E-state index in [9.17, 15) is 14.7 Å². The van der Waals surface area contributed by atoms with Crippen LogP contribution in [-0.4, -0.2) is 33.7 Å². The SMILES string of the molecule is O=C(NCC(CCc1cc(C2CC2)[nH]n1)c1ccc(N2Cc3ccccc3C2=O)cc1)c1ccccc1O. The van der Waals surface area contributed by atoms with E-state index >= 15 is 0 Å². The number of amides is 2. The lowest BCUT2D eigenvalue weighted by Crippen LogP contribution is -2.29. The highest BCUT2D eigenvalue weighted by molar-refractivity contribution is 6.10. The quantitative estimate of drug-likeness (QED) is 0.287. The molecule has 192 valence electrons. The highest BCUT2D eigenvalue weighted by atomic mass is 16.3. The van der Waals surface area contributed by atoms with Crippen molar-refractivity contribution in [3.05, 3.63) is 113 Å². The molecule has 1 atom stereocenters. The van der Waals surface area contributed by atoms with Crippen LogP contribution in [0.4, 0.5) is 5.69 Å². The number of phenols is 1. The summed E-state index contributed by atoms with van der Waals surface area (Å²) in [6.07, 6.45) is 4.02. The summed E-state index contributed by atoms with van der Waals surface area (Å²) >= 11 is 0. The van der Waals surface area contributed by atoms with Gasteiger partial charge in [-0.1, -0.05) is 42.5 Å². The second-order valence-corrected chi connectivity index (χ2v) is 10.2. The Hall–Kier alpha value is -4.39. The predicted molar refractivity (Wildman–Crippen MR) is 145 cm³/mol. The molecule has 3 N–H and O–H groups in total. The topological polar surface area (TPSA) is 98.3 Å². The Morgan fingerprint density at radius 1 is 1.05 bits per heavy atom. The average Bonchev–Trinajstić information content (AvgIpc) is 3.60. The molecule has 0 spiro atoms. The molecule has 0 saturated heterocycles. The molecule has 1 aliphatic carbocycles. The number of carbonyl (C=O) groups is 2. The van der Waals surface area contributed by atoms with Gasteiger partial charge in [-0.3, -0.25) is 14.7 Å². The number of para-hydroxylation sites is 1. The van der Waals surface area contributed by atoms with Crippen molar-refractivity contribution >= 4 is 17.5 Å². The standard InChI is InChI=1S/C31H30N4O3/c36-29-8-4-3-7-27(29)30(37)32-18-22(11-14-24-17-28(34-33-24)21-9-10-21)20-12-15-25(16-13-20)35-19-23-5-1-2-6-26(23)31(35)38/h1-8,12-13,15-17,21-22,36H,9-11,14,18-19H2,(H,32,37)(H,33,34). The van der Waals surface area contributed by atoms with E-state index in [1.54, 1.807) is 23.1 Å². The molecule has 7 heteroatoms. The van der Waals surface area contributed by atoms with E-state index in [0.717, 1.165) is 40.9 Å². The molecule has 1 aromatic heterocycles. The van der Waals surface area contributed by atoms with Gasteiger partial charge in [0.05, 0.1) is 17.8 Å². The molecule has 0 bridgehead atoms. The Kier molecular flexibility index (Phi) is 6.42. The second-order valence-electron chi connectivity index (χ2n) is 10.2. The number of rotatable bonds is 9. The Morgan fingerprint density at radius 3 is 2.58 bits per heavy atom. The monoisotopic (exact) mass is 506 g/mol. The summed E-state index contributed by atoms with van der Waals surface area (Å²) in [5, 5.41) is 20.8. The van der Waals surface area contributed by atoms with Gasteiger partial charge in [-0.05, 0) is 73.2 Å². The maximum absolute atomic E-state index is 12.9. The van der Waals surface area contributed by atoms with Crippen molar-refractivity contribution in [1.82, 2.24) is 15.5 Å². The van der Waals surface area contributed by atoms with Crippen LogP contribution < -0.4 is 10.2 Å². The smallest absolute Gasteiger partial charge is 0.258 e. The fourth-order valence-corrected chi connectivity index (χ4v) is 5.19. The predicted octanol–water partition coefficient (Wildman–Crippen LogP) is 5.30. The minimum Gasteiger partial charge on any atom is -0.507 e. The van der Waals surface area contributed by atoms with Crippen molar-refractivity contribution in [3.63, 3.8) is 0 Å². The zero-order valence-electron chi connectivity index (χ0n) is 21.1. The van der Waals surface area contributed by atoms with Crippen molar-refractivity contribution in [2.75, 3.05) is 11.4 Å². The summed E-state index contributed by atoms with van der Waals surface area (Å²) in [6.45, 7) is 0.984. The summed E-state index contributed by atoms with van der Waals surface area (Å²) in [4.78, 5) is 27.5. The first-order chi connectivity index (χ1) is 18.6. The van der Waals surface area contributed by atoms with E-state index in [1.807, 2.05) is 48.5 Å². The van der Waals surface area contributed by atoms with Gasteiger partial charge in [0.15, 0.2) is 0 Å².